The fourth-order valence-electron chi connectivity index (χ4n) is 2.54. The fraction of sp³-hybridized carbons (Fsp3) is 0.538. The zero-order valence-electron chi connectivity index (χ0n) is 11.1. The fourth-order valence-corrected chi connectivity index (χ4v) is 4.40. The SMILES string of the molecule is Cc1cc(Cl)c(N)cc1S(=O)(=O)NC1CCCC1C. The molecule has 2 rings (SSSR count). The van der Waals surface area contributed by atoms with E-state index in [-0.39, 0.29) is 16.6 Å². The molecule has 19 heavy (non-hydrogen) atoms. The van der Waals surface area contributed by atoms with E-state index in [0.717, 1.165) is 19.3 Å². The predicted octanol–water partition coefficient (Wildman–Crippen LogP) is 2.70. The predicted molar refractivity (Wildman–Crippen MR) is 77.7 cm³/mol. The van der Waals surface area contributed by atoms with Crippen LogP contribution in [0.3, 0.4) is 0 Å². The molecule has 0 aromatic heterocycles. The number of rotatable bonds is 3. The van der Waals surface area contributed by atoms with Crippen molar-refractivity contribution in [1.29, 1.82) is 0 Å². The van der Waals surface area contributed by atoms with Gasteiger partial charge in [0, 0.05) is 6.04 Å². The molecule has 106 valence electrons. The van der Waals surface area contributed by atoms with Crippen LogP contribution in [0.15, 0.2) is 17.0 Å². The molecule has 1 aliphatic carbocycles. The smallest absolute Gasteiger partial charge is 0.241 e. The van der Waals surface area contributed by atoms with E-state index in [0.29, 0.717) is 16.5 Å². The van der Waals surface area contributed by atoms with E-state index in [1.165, 1.54) is 6.07 Å². The lowest BCUT2D eigenvalue weighted by Crippen LogP contribution is -2.36. The van der Waals surface area contributed by atoms with Crippen LogP contribution in [-0.2, 0) is 10.0 Å². The Morgan fingerprint density at radius 3 is 2.63 bits per heavy atom. The highest BCUT2D eigenvalue weighted by Crippen LogP contribution is 2.29. The highest BCUT2D eigenvalue weighted by Gasteiger charge is 2.29. The number of hydrogen-bond acceptors (Lipinski definition) is 3. The zero-order valence-corrected chi connectivity index (χ0v) is 12.7. The standard InChI is InChI=1S/C13H19ClN2O2S/c1-8-4-3-5-12(8)16-19(17,18)13-7-11(15)10(14)6-9(13)2/h6-8,12,16H,3-5,15H2,1-2H3. The number of aryl methyl sites for hydroxylation is 1. The Labute approximate surface area is 119 Å². The van der Waals surface area contributed by atoms with Gasteiger partial charge in [0.15, 0.2) is 0 Å². The summed E-state index contributed by atoms with van der Waals surface area (Å²) in [6, 6.07) is 3.03. The molecule has 1 saturated carbocycles. The molecule has 1 aromatic rings. The van der Waals surface area contributed by atoms with Gasteiger partial charge in [-0.25, -0.2) is 13.1 Å². The lowest BCUT2D eigenvalue weighted by Gasteiger charge is -2.18. The summed E-state index contributed by atoms with van der Waals surface area (Å²) in [5, 5.41) is 0.380. The van der Waals surface area contributed by atoms with Crippen LogP contribution in [0.25, 0.3) is 0 Å². The van der Waals surface area contributed by atoms with Gasteiger partial charge in [-0.15, -0.1) is 0 Å². The molecule has 0 bridgehead atoms. The maximum absolute atomic E-state index is 12.4. The molecule has 0 aliphatic heterocycles. The van der Waals surface area contributed by atoms with E-state index in [2.05, 4.69) is 11.6 Å². The van der Waals surface area contributed by atoms with Gasteiger partial charge in [0.05, 0.1) is 15.6 Å². The molecule has 1 fully saturated rings. The second-order valence-corrected chi connectivity index (χ2v) is 7.36. The van der Waals surface area contributed by atoms with E-state index in [9.17, 15) is 8.42 Å². The van der Waals surface area contributed by atoms with Crippen molar-refractivity contribution in [2.45, 2.75) is 44.0 Å². The van der Waals surface area contributed by atoms with Crippen LogP contribution < -0.4 is 10.5 Å². The van der Waals surface area contributed by atoms with Gasteiger partial charge in [0.2, 0.25) is 10.0 Å². The molecule has 1 aromatic carbocycles. The first-order valence-electron chi connectivity index (χ1n) is 6.39. The molecule has 2 unspecified atom stereocenters. The summed E-state index contributed by atoms with van der Waals surface area (Å²) in [6.07, 6.45) is 3.02. The molecular weight excluding hydrogens is 284 g/mol. The number of sulfonamides is 1. The van der Waals surface area contributed by atoms with Crippen molar-refractivity contribution < 1.29 is 8.42 Å². The van der Waals surface area contributed by atoms with Gasteiger partial charge in [-0.3, -0.25) is 0 Å². The first-order valence-corrected chi connectivity index (χ1v) is 8.25. The number of nitrogens with two attached hydrogens (primary N) is 1. The second kappa shape index (κ2) is 5.31. The molecule has 0 radical (unpaired) electrons. The quantitative estimate of drug-likeness (QED) is 0.843. The number of benzene rings is 1. The van der Waals surface area contributed by atoms with Crippen molar-refractivity contribution in [3.63, 3.8) is 0 Å². The van der Waals surface area contributed by atoms with Crippen LogP contribution in [0.5, 0.6) is 0 Å². The summed E-state index contributed by atoms with van der Waals surface area (Å²) in [7, 11) is -3.54. The first-order chi connectivity index (χ1) is 8.81. The number of anilines is 1. The molecule has 2 atom stereocenters. The normalized spacial score (nSPS) is 23.7. The molecule has 4 nitrogen and oxygen atoms in total. The molecular formula is C13H19ClN2O2S. The van der Waals surface area contributed by atoms with Crippen LogP contribution in [0.1, 0.15) is 31.7 Å². The highest BCUT2D eigenvalue weighted by atomic mass is 35.5. The molecule has 0 amide bonds. The van der Waals surface area contributed by atoms with E-state index in [1.54, 1.807) is 13.0 Å². The number of halogens is 1. The van der Waals surface area contributed by atoms with Crippen LogP contribution in [0, 0.1) is 12.8 Å². The first kappa shape index (κ1) is 14.6. The maximum Gasteiger partial charge on any atom is 0.241 e. The monoisotopic (exact) mass is 302 g/mol. The Kier molecular flexibility index (Phi) is 4.08. The lowest BCUT2D eigenvalue weighted by molar-refractivity contribution is 0.476. The second-order valence-electron chi connectivity index (χ2n) is 5.28. The van der Waals surface area contributed by atoms with Gasteiger partial charge in [0.25, 0.3) is 0 Å². The van der Waals surface area contributed by atoms with Crippen molar-refractivity contribution >= 4 is 27.3 Å². The van der Waals surface area contributed by atoms with Gasteiger partial charge < -0.3 is 5.73 Å². The van der Waals surface area contributed by atoms with E-state index < -0.39 is 10.0 Å². The summed E-state index contributed by atoms with van der Waals surface area (Å²) in [5.41, 5.74) is 6.59. The third-order valence-electron chi connectivity index (χ3n) is 3.75. The molecule has 0 saturated heterocycles. The summed E-state index contributed by atoms with van der Waals surface area (Å²) >= 11 is 5.89. The Hall–Kier alpha value is -0.780. The highest BCUT2D eigenvalue weighted by molar-refractivity contribution is 7.89. The molecule has 3 N–H and O–H groups in total. The Morgan fingerprint density at radius 1 is 1.37 bits per heavy atom. The third kappa shape index (κ3) is 3.04. The molecule has 6 heteroatoms. The van der Waals surface area contributed by atoms with Gasteiger partial charge in [0.1, 0.15) is 0 Å². The van der Waals surface area contributed by atoms with Crippen molar-refractivity contribution in [2.24, 2.45) is 5.92 Å². The largest absolute Gasteiger partial charge is 0.397 e. The number of nitrogens with one attached hydrogen (secondary N) is 1. The Morgan fingerprint density at radius 2 is 2.05 bits per heavy atom. The van der Waals surface area contributed by atoms with E-state index >= 15 is 0 Å². The summed E-state index contributed by atoms with van der Waals surface area (Å²) < 4.78 is 27.6. The van der Waals surface area contributed by atoms with E-state index in [4.69, 9.17) is 17.3 Å². The lowest BCUT2D eigenvalue weighted by atomic mass is 10.1. The molecule has 0 spiro atoms. The molecule has 1 aliphatic rings. The Balaban J connectivity index is 2.32. The van der Waals surface area contributed by atoms with Gasteiger partial charge in [-0.2, -0.15) is 0 Å². The number of hydrogen-bond donors (Lipinski definition) is 2. The van der Waals surface area contributed by atoms with E-state index in [1.807, 2.05) is 0 Å². The minimum Gasteiger partial charge on any atom is -0.397 e. The van der Waals surface area contributed by atoms with Crippen molar-refractivity contribution in [2.75, 3.05) is 5.73 Å². The number of nitrogen functional groups attached to an aromatic ring is 1. The maximum atomic E-state index is 12.4. The molecule has 0 heterocycles. The minimum absolute atomic E-state index is 0.0151. The van der Waals surface area contributed by atoms with Crippen molar-refractivity contribution in [3.05, 3.63) is 22.7 Å². The van der Waals surface area contributed by atoms with Crippen molar-refractivity contribution in [3.8, 4) is 0 Å². The van der Waals surface area contributed by atoms with Crippen LogP contribution in [0.4, 0.5) is 5.69 Å². The van der Waals surface area contributed by atoms with Crippen molar-refractivity contribution in [1.82, 2.24) is 4.72 Å². The zero-order chi connectivity index (χ0) is 14.2. The van der Waals surface area contributed by atoms with Crippen LogP contribution in [0.2, 0.25) is 5.02 Å². The van der Waals surface area contributed by atoms with Crippen LogP contribution in [-0.4, -0.2) is 14.5 Å². The van der Waals surface area contributed by atoms with Gasteiger partial charge in [-0.1, -0.05) is 24.9 Å². The summed E-state index contributed by atoms with van der Waals surface area (Å²) in [5.74, 6) is 0.375. The summed E-state index contributed by atoms with van der Waals surface area (Å²) in [4.78, 5) is 0.216. The average molecular weight is 303 g/mol. The van der Waals surface area contributed by atoms with Crippen LogP contribution >= 0.6 is 11.6 Å². The summed E-state index contributed by atoms with van der Waals surface area (Å²) in [6.45, 7) is 3.79. The average Bonchev–Trinajstić information content (AvgIpc) is 2.69. The third-order valence-corrected chi connectivity index (χ3v) is 5.71. The topological polar surface area (TPSA) is 72.2 Å². The minimum atomic E-state index is -3.54. The van der Waals surface area contributed by atoms with Gasteiger partial charge >= 0.3 is 0 Å². The Bertz CT molecular complexity index is 587. The van der Waals surface area contributed by atoms with Gasteiger partial charge in [-0.05, 0) is 43.4 Å².